The van der Waals surface area contributed by atoms with Gasteiger partial charge in [0, 0.05) is 30.7 Å². The summed E-state index contributed by atoms with van der Waals surface area (Å²) >= 11 is 0. The zero-order valence-corrected chi connectivity index (χ0v) is 18.1. The van der Waals surface area contributed by atoms with Crippen LogP contribution in [0.15, 0.2) is 23.1 Å². The average molecular weight is 421 g/mol. The number of hydrogen-bond acceptors (Lipinski definition) is 4. The molecule has 0 N–H and O–H groups in total. The zero-order chi connectivity index (χ0) is 20.4. The van der Waals surface area contributed by atoms with Gasteiger partial charge in [-0.2, -0.15) is 4.31 Å². The van der Waals surface area contributed by atoms with E-state index in [0.717, 1.165) is 25.7 Å². The van der Waals surface area contributed by atoms with Gasteiger partial charge in [0.05, 0.1) is 18.1 Å². The Labute approximate surface area is 174 Å². The first-order chi connectivity index (χ1) is 14.0. The number of nitrogens with zero attached hydrogens (tertiary/aromatic N) is 2. The molecule has 1 aliphatic heterocycles. The lowest BCUT2D eigenvalue weighted by molar-refractivity contribution is 0.0580. The number of hydrogen-bond donors (Lipinski definition) is 0. The molecule has 1 aromatic carbocycles. The van der Waals surface area contributed by atoms with Crippen molar-refractivity contribution in [2.45, 2.75) is 75.3 Å². The van der Waals surface area contributed by atoms with Crippen LogP contribution in [0.1, 0.15) is 67.3 Å². The highest BCUT2D eigenvalue weighted by Gasteiger charge is 2.35. The Morgan fingerprint density at radius 2 is 1.55 bits per heavy atom. The molecule has 3 aliphatic rings. The number of carbonyl (C=O) groups is 1. The van der Waals surface area contributed by atoms with E-state index in [1.54, 1.807) is 25.1 Å². The molecule has 1 amide bonds. The third kappa shape index (κ3) is 4.23. The van der Waals surface area contributed by atoms with Crippen LogP contribution in [-0.4, -0.2) is 61.9 Å². The van der Waals surface area contributed by atoms with E-state index in [4.69, 9.17) is 4.74 Å². The van der Waals surface area contributed by atoms with E-state index in [0.29, 0.717) is 49.5 Å². The fraction of sp³-hybridized carbons (Fsp3) is 0.682. The number of ether oxygens (including phenoxy) is 1. The molecular formula is C22H32N2O4S. The van der Waals surface area contributed by atoms with Gasteiger partial charge in [-0.25, -0.2) is 8.42 Å². The van der Waals surface area contributed by atoms with Gasteiger partial charge in [0.15, 0.2) is 0 Å². The predicted molar refractivity (Wildman–Crippen MR) is 111 cm³/mol. The van der Waals surface area contributed by atoms with E-state index < -0.39 is 10.0 Å². The molecule has 1 saturated heterocycles. The third-order valence-corrected chi connectivity index (χ3v) is 8.73. The van der Waals surface area contributed by atoms with Crippen LogP contribution in [0.5, 0.6) is 0 Å². The molecule has 0 aromatic heterocycles. The minimum Gasteiger partial charge on any atom is -0.379 e. The van der Waals surface area contributed by atoms with Crippen molar-refractivity contribution in [1.82, 2.24) is 9.21 Å². The monoisotopic (exact) mass is 420 g/mol. The molecular weight excluding hydrogens is 388 g/mol. The lowest BCUT2D eigenvalue weighted by atomic mass is 10.1. The van der Waals surface area contributed by atoms with Crippen LogP contribution in [-0.2, 0) is 14.8 Å². The van der Waals surface area contributed by atoms with Crippen LogP contribution in [0.2, 0.25) is 0 Å². The van der Waals surface area contributed by atoms with E-state index in [-0.39, 0.29) is 10.8 Å². The first-order valence-electron chi connectivity index (χ1n) is 11.0. The fourth-order valence-electron chi connectivity index (χ4n) is 5.08. The van der Waals surface area contributed by atoms with E-state index in [9.17, 15) is 13.2 Å². The Balaban J connectivity index is 1.65. The van der Waals surface area contributed by atoms with Gasteiger partial charge >= 0.3 is 0 Å². The van der Waals surface area contributed by atoms with Crippen molar-refractivity contribution in [3.63, 3.8) is 0 Å². The molecule has 6 nitrogen and oxygen atoms in total. The third-order valence-electron chi connectivity index (χ3n) is 6.69. The summed E-state index contributed by atoms with van der Waals surface area (Å²) in [5, 5.41) is 0. The molecule has 0 atom stereocenters. The Hall–Kier alpha value is -1.44. The molecule has 160 valence electrons. The van der Waals surface area contributed by atoms with Crippen molar-refractivity contribution >= 4 is 15.9 Å². The van der Waals surface area contributed by atoms with E-state index in [1.807, 2.05) is 0 Å². The first kappa shape index (κ1) is 20.8. The van der Waals surface area contributed by atoms with Crippen LogP contribution in [0.3, 0.4) is 0 Å². The smallest absolute Gasteiger partial charge is 0.254 e. The predicted octanol–water partition coefficient (Wildman–Crippen LogP) is 3.34. The molecule has 0 spiro atoms. The van der Waals surface area contributed by atoms with Gasteiger partial charge in [-0.3, -0.25) is 4.79 Å². The fourth-order valence-corrected chi connectivity index (χ4v) is 6.74. The first-order valence-corrected chi connectivity index (χ1v) is 12.4. The summed E-state index contributed by atoms with van der Waals surface area (Å²) in [4.78, 5) is 15.9. The zero-order valence-electron chi connectivity index (χ0n) is 17.3. The van der Waals surface area contributed by atoms with Crippen LogP contribution in [0.25, 0.3) is 0 Å². The highest BCUT2D eigenvalue weighted by Crippen LogP contribution is 2.33. The standard InChI is InChI=1S/C22H32N2O4S/c1-17-10-11-18(16-21(17)29(26,27)23-12-14-28-15-13-23)22(25)24(19-6-2-3-7-19)20-8-4-5-9-20/h10-11,16,19-20H,2-9,12-15H2,1H3. The van der Waals surface area contributed by atoms with Gasteiger partial charge < -0.3 is 9.64 Å². The van der Waals surface area contributed by atoms with Crippen molar-refractivity contribution in [2.24, 2.45) is 0 Å². The molecule has 4 rings (SSSR count). The number of morpholine rings is 1. The molecule has 0 unspecified atom stereocenters. The normalized spacial score (nSPS) is 22.2. The van der Waals surface area contributed by atoms with Crippen LogP contribution in [0.4, 0.5) is 0 Å². The van der Waals surface area contributed by atoms with Gasteiger partial charge in [0.1, 0.15) is 0 Å². The van der Waals surface area contributed by atoms with Crippen molar-refractivity contribution in [3.05, 3.63) is 29.3 Å². The highest BCUT2D eigenvalue weighted by atomic mass is 32.2. The van der Waals surface area contributed by atoms with E-state index in [2.05, 4.69) is 4.90 Å². The Morgan fingerprint density at radius 3 is 2.10 bits per heavy atom. The van der Waals surface area contributed by atoms with Crippen molar-refractivity contribution in [1.29, 1.82) is 0 Å². The van der Waals surface area contributed by atoms with Crippen LogP contribution in [0, 0.1) is 6.92 Å². The van der Waals surface area contributed by atoms with Crippen molar-refractivity contribution < 1.29 is 17.9 Å². The maximum absolute atomic E-state index is 13.6. The largest absolute Gasteiger partial charge is 0.379 e. The number of amides is 1. The van der Waals surface area contributed by atoms with Gasteiger partial charge in [-0.05, 0) is 50.3 Å². The Kier molecular flexibility index (Phi) is 6.27. The molecule has 0 bridgehead atoms. The van der Waals surface area contributed by atoms with Gasteiger partial charge in [-0.15, -0.1) is 0 Å². The minimum atomic E-state index is -3.63. The SMILES string of the molecule is Cc1ccc(C(=O)N(C2CCCC2)C2CCCC2)cc1S(=O)(=O)N1CCOCC1. The molecule has 1 aromatic rings. The average Bonchev–Trinajstić information content (AvgIpc) is 3.44. The minimum absolute atomic E-state index is 0.00206. The maximum Gasteiger partial charge on any atom is 0.254 e. The number of carbonyl (C=O) groups excluding carboxylic acids is 1. The molecule has 1 heterocycles. The topological polar surface area (TPSA) is 66.9 Å². The number of rotatable bonds is 5. The van der Waals surface area contributed by atoms with Gasteiger partial charge in [0.25, 0.3) is 5.91 Å². The number of benzene rings is 1. The van der Waals surface area contributed by atoms with Crippen LogP contribution < -0.4 is 0 Å². The number of sulfonamides is 1. The molecule has 0 radical (unpaired) electrons. The Morgan fingerprint density at radius 1 is 1.00 bits per heavy atom. The molecule has 3 fully saturated rings. The van der Waals surface area contributed by atoms with E-state index >= 15 is 0 Å². The summed E-state index contributed by atoms with van der Waals surface area (Å²) in [6.45, 7) is 3.34. The summed E-state index contributed by atoms with van der Waals surface area (Å²) in [5.41, 5.74) is 1.18. The van der Waals surface area contributed by atoms with E-state index in [1.165, 1.54) is 30.0 Å². The second-order valence-corrected chi connectivity index (χ2v) is 10.5. The Bertz CT molecular complexity index is 820. The second kappa shape index (κ2) is 8.74. The van der Waals surface area contributed by atoms with Crippen molar-refractivity contribution in [2.75, 3.05) is 26.3 Å². The quantitative estimate of drug-likeness (QED) is 0.733. The summed E-state index contributed by atoms with van der Waals surface area (Å²) in [6.07, 6.45) is 8.94. The maximum atomic E-state index is 13.6. The highest BCUT2D eigenvalue weighted by molar-refractivity contribution is 7.89. The molecule has 7 heteroatoms. The lowest BCUT2D eigenvalue weighted by Crippen LogP contribution is -2.45. The van der Waals surface area contributed by atoms with Gasteiger partial charge in [0.2, 0.25) is 10.0 Å². The molecule has 2 aliphatic carbocycles. The lowest BCUT2D eigenvalue weighted by Gasteiger charge is -2.35. The van der Waals surface area contributed by atoms with Crippen molar-refractivity contribution in [3.8, 4) is 0 Å². The molecule has 29 heavy (non-hydrogen) atoms. The van der Waals surface area contributed by atoms with Gasteiger partial charge in [-0.1, -0.05) is 31.7 Å². The summed E-state index contributed by atoms with van der Waals surface area (Å²) in [6, 6.07) is 5.78. The van der Waals surface area contributed by atoms with Crippen LogP contribution >= 0.6 is 0 Å². The number of aryl methyl sites for hydroxylation is 1. The summed E-state index contributed by atoms with van der Waals surface area (Å²) in [5.74, 6) is 0.00206. The second-order valence-electron chi connectivity index (χ2n) is 8.59. The molecule has 2 saturated carbocycles. The summed E-state index contributed by atoms with van der Waals surface area (Å²) in [7, 11) is -3.63. The summed E-state index contributed by atoms with van der Waals surface area (Å²) < 4.78 is 33.2.